The lowest BCUT2D eigenvalue weighted by Gasteiger charge is -2.29. The van der Waals surface area contributed by atoms with Gasteiger partial charge in [0.1, 0.15) is 11.4 Å². The van der Waals surface area contributed by atoms with Gasteiger partial charge in [0.2, 0.25) is 5.91 Å². The van der Waals surface area contributed by atoms with Crippen LogP contribution in [0, 0.1) is 0 Å². The minimum Gasteiger partial charge on any atom is -0.493 e. The SMILES string of the molecule is COc1ccc(C(=O)N2C(C(=O)NCc3ccncc3)CSC2c2ccccc2)cc1OC. The first-order valence-corrected chi connectivity index (χ1v) is 11.5. The lowest BCUT2D eigenvalue weighted by molar-refractivity contribution is -0.125. The Morgan fingerprint density at radius 1 is 1.03 bits per heavy atom. The molecule has 0 spiro atoms. The Kier molecular flexibility index (Phi) is 7.14. The standard InChI is InChI=1S/C25H25N3O4S/c1-31-21-9-8-19(14-22(21)32-2)24(30)28-20(16-33-25(28)18-6-4-3-5-7-18)23(29)27-15-17-10-12-26-13-11-17/h3-14,20,25H,15-16H2,1-2H3,(H,27,29). The Labute approximate surface area is 197 Å². The first kappa shape index (κ1) is 22.7. The van der Waals surface area contributed by atoms with Gasteiger partial charge in [0.25, 0.3) is 5.91 Å². The van der Waals surface area contributed by atoms with Gasteiger partial charge in [-0.3, -0.25) is 14.6 Å². The van der Waals surface area contributed by atoms with Crippen molar-refractivity contribution >= 4 is 23.6 Å². The fourth-order valence-corrected chi connectivity index (χ4v) is 5.19. The number of benzene rings is 2. The summed E-state index contributed by atoms with van der Waals surface area (Å²) in [5, 5.41) is 2.70. The highest BCUT2D eigenvalue weighted by atomic mass is 32.2. The van der Waals surface area contributed by atoms with E-state index in [1.165, 1.54) is 7.11 Å². The summed E-state index contributed by atoms with van der Waals surface area (Å²) in [4.78, 5) is 32.6. The molecule has 2 heterocycles. The fraction of sp³-hybridized carbons (Fsp3) is 0.240. The van der Waals surface area contributed by atoms with Crippen LogP contribution in [0.2, 0.25) is 0 Å². The molecule has 1 saturated heterocycles. The number of amides is 2. The van der Waals surface area contributed by atoms with E-state index >= 15 is 0 Å². The molecule has 0 bridgehead atoms. The second-order valence-electron chi connectivity index (χ2n) is 7.47. The van der Waals surface area contributed by atoms with Crippen LogP contribution in [0.25, 0.3) is 0 Å². The molecule has 2 atom stereocenters. The van der Waals surface area contributed by atoms with Crippen LogP contribution >= 0.6 is 11.8 Å². The van der Waals surface area contributed by atoms with Crippen LogP contribution < -0.4 is 14.8 Å². The molecule has 1 fully saturated rings. The van der Waals surface area contributed by atoms with Gasteiger partial charge < -0.3 is 19.7 Å². The number of pyridine rings is 1. The largest absolute Gasteiger partial charge is 0.493 e. The van der Waals surface area contributed by atoms with Gasteiger partial charge in [0, 0.05) is 30.3 Å². The molecule has 33 heavy (non-hydrogen) atoms. The van der Waals surface area contributed by atoms with Crippen molar-refractivity contribution < 1.29 is 19.1 Å². The summed E-state index contributed by atoms with van der Waals surface area (Å²) in [5.41, 5.74) is 2.35. The summed E-state index contributed by atoms with van der Waals surface area (Å²) in [6, 6.07) is 17.9. The molecule has 170 valence electrons. The second-order valence-corrected chi connectivity index (χ2v) is 8.58. The lowest BCUT2D eigenvalue weighted by Crippen LogP contribution is -2.47. The van der Waals surface area contributed by atoms with E-state index in [9.17, 15) is 9.59 Å². The van der Waals surface area contributed by atoms with Crippen LogP contribution in [0.4, 0.5) is 0 Å². The Hall–Kier alpha value is -3.52. The number of methoxy groups -OCH3 is 2. The molecule has 7 nitrogen and oxygen atoms in total. The molecule has 0 radical (unpaired) electrons. The first-order chi connectivity index (χ1) is 16.1. The van der Waals surface area contributed by atoms with Crippen molar-refractivity contribution in [1.82, 2.24) is 15.2 Å². The van der Waals surface area contributed by atoms with Gasteiger partial charge in [-0.25, -0.2) is 0 Å². The molecular formula is C25H25N3O4S. The van der Waals surface area contributed by atoms with Crippen molar-refractivity contribution in [1.29, 1.82) is 0 Å². The Balaban J connectivity index is 1.62. The maximum Gasteiger partial charge on any atom is 0.255 e. The Morgan fingerprint density at radius 3 is 2.45 bits per heavy atom. The zero-order valence-electron chi connectivity index (χ0n) is 18.4. The molecule has 1 aromatic heterocycles. The summed E-state index contributed by atoms with van der Waals surface area (Å²) in [6.07, 6.45) is 3.37. The van der Waals surface area contributed by atoms with Crippen molar-refractivity contribution in [3.8, 4) is 11.5 Å². The second kappa shape index (κ2) is 10.4. The van der Waals surface area contributed by atoms with Crippen LogP contribution in [0.15, 0.2) is 73.1 Å². The summed E-state index contributed by atoms with van der Waals surface area (Å²) < 4.78 is 10.7. The molecule has 1 aliphatic heterocycles. The zero-order valence-corrected chi connectivity index (χ0v) is 19.2. The summed E-state index contributed by atoms with van der Waals surface area (Å²) in [5.74, 6) is 1.08. The molecule has 0 saturated carbocycles. The lowest BCUT2D eigenvalue weighted by atomic mass is 10.1. The molecule has 4 rings (SSSR count). The summed E-state index contributed by atoms with van der Waals surface area (Å²) in [6.45, 7) is 0.372. The summed E-state index contributed by atoms with van der Waals surface area (Å²) >= 11 is 1.58. The zero-order chi connectivity index (χ0) is 23.2. The molecule has 2 aromatic carbocycles. The van der Waals surface area contributed by atoms with E-state index in [1.807, 2.05) is 42.5 Å². The number of hydrogen-bond donors (Lipinski definition) is 1. The van der Waals surface area contributed by atoms with Crippen molar-refractivity contribution in [2.24, 2.45) is 0 Å². The van der Waals surface area contributed by atoms with E-state index in [1.54, 1.807) is 54.4 Å². The number of thioether (sulfide) groups is 1. The highest BCUT2D eigenvalue weighted by Crippen LogP contribution is 2.42. The molecule has 1 aliphatic rings. The topological polar surface area (TPSA) is 80.8 Å². The Morgan fingerprint density at radius 2 is 1.76 bits per heavy atom. The number of hydrogen-bond acceptors (Lipinski definition) is 6. The fourth-order valence-electron chi connectivity index (χ4n) is 3.76. The summed E-state index contributed by atoms with van der Waals surface area (Å²) in [7, 11) is 3.07. The van der Waals surface area contributed by atoms with Gasteiger partial charge in [-0.1, -0.05) is 30.3 Å². The normalized spacial score (nSPS) is 17.5. The quantitative estimate of drug-likeness (QED) is 0.576. The van der Waals surface area contributed by atoms with E-state index < -0.39 is 6.04 Å². The van der Waals surface area contributed by atoms with Crippen LogP contribution in [0.1, 0.15) is 26.9 Å². The average Bonchev–Trinajstić information content (AvgIpc) is 3.33. The van der Waals surface area contributed by atoms with Gasteiger partial charge in [0.15, 0.2) is 11.5 Å². The highest BCUT2D eigenvalue weighted by Gasteiger charge is 2.42. The maximum atomic E-state index is 13.7. The average molecular weight is 464 g/mol. The minimum absolute atomic E-state index is 0.188. The van der Waals surface area contributed by atoms with Crippen LogP contribution in [0.5, 0.6) is 11.5 Å². The number of rotatable bonds is 7. The first-order valence-electron chi connectivity index (χ1n) is 10.5. The molecular weight excluding hydrogens is 438 g/mol. The van der Waals surface area contributed by atoms with E-state index in [0.717, 1.165) is 11.1 Å². The van der Waals surface area contributed by atoms with Crippen molar-refractivity contribution in [2.45, 2.75) is 18.0 Å². The van der Waals surface area contributed by atoms with Crippen molar-refractivity contribution in [2.75, 3.05) is 20.0 Å². The van der Waals surface area contributed by atoms with E-state index in [-0.39, 0.29) is 17.2 Å². The number of nitrogens with one attached hydrogen (secondary N) is 1. The number of carbonyl (C=O) groups excluding carboxylic acids is 2. The molecule has 1 N–H and O–H groups in total. The molecule has 2 amide bonds. The molecule has 3 aromatic rings. The van der Waals surface area contributed by atoms with E-state index in [2.05, 4.69) is 10.3 Å². The highest BCUT2D eigenvalue weighted by molar-refractivity contribution is 7.99. The molecule has 0 aliphatic carbocycles. The third-order valence-corrected chi connectivity index (χ3v) is 6.79. The number of aromatic nitrogens is 1. The third-order valence-electron chi connectivity index (χ3n) is 5.47. The van der Waals surface area contributed by atoms with Crippen LogP contribution in [0.3, 0.4) is 0 Å². The van der Waals surface area contributed by atoms with Gasteiger partial charge in [-0.2, -0.15) is 0 Å². The monoisotopic (exact) mass is 463 g/mol. The van der Waals surface area contributed by atoms with E-state index in [4.69, 9.17) is 9.47 Å². The predicted octanol–water partition coefficient (Wildman–Crippen LogP) is 3.67. The van der Waals surface area contributed by atoms with Crippen LogP contribution in [-0.2, 0) is 11.3 Å². The predicted molar refractivity (Wildman–Crippen MR) is 127 cm³/mol. The van der Waals surface area contributed by atoms with Crippen molar-refractivity contribution in [3.05, 3.63) is 89.7 Å². The third kappa shape index (κ3) is 4.96. The van der Waals surface area contributed by atoms with Crippen LogP contribution in [-0.4, -0.2) is 47.7 Å². The van der Waals surface area contributed by atoms with Gasteiger partial charge in [-0.05, 0) is 41.5 Å². The van der Waals surface area contributed by atoms with Gasteiger partial charge in [0.05, 0.1) is 14.2 Å². The molecule has 8 heteroatoms. The molecule has 2 unspecified atom stereocenters. The Bertz CT molecular complexity index is 1110. The smallest absolute Gasteiger partial charge is 0.255 e. The number of ether oxygens (including phenoxy) is 2. The van der Waals surface area contributed by atoms with Crippen molar-refractivity contribution in [3.63, 3.8) is 0 Å². The maximum absolute atomic E-state index is 13.7. The number of carbonyl (C=O) groups is 2. The number of nitrogens with zero attached hydrogens (tertiary/aromatic N) is 2. The van der Waals surface area contributed by atoms with E-state index in [0.29, 0.717) is 29.4 Å². The minimum atomic E-state index is -0.609. The van der Waals surface area contributed by atoms with Gasteiger partial charge in [-0.15, -0.1) is 11.8 Å². The van der Waals surface area contributed by atoms with Gasteiger partial charge >= 0.3 is 0 Å².